The number of aromatic amines is 1. The molecule has 2 aromatic heterocycles. The predicted octanol–water partition coefficient (Wildman–Crippen LogP) is 2.47. The molecule has 1 aliphatic rings. The summed E-state index contributed by atoms with van der Waals surface area (Å²) < 4.78 is 37.8. The van der Waals surface area contributed by atoms with Crippen LogP contribution in [-0.2, 0) is 6.18 Å². The number of halogens is 3. The Hall–Kier alpha value is -2.63. The molecule has 0 aliphatic carbocycles. The number of anilines is 1. The number of alkyl halides is 3. The molecule has 0 unspecified atom stereocenters. The number of rotatable bonds is 2. The Labute approximate surface area is 130 Å². The van der Waals surface area contributed by atoms with Gasteiger partial charge in [-0.3, -0.25) is 0 Å². The molecule has 0 radical (unpaired) electrons. The first-order valence-corrected chi connectivity index (χ1v) is 7.06. The lowest BCUT2D eigenvalue weighted by Gasteiger charge is -2.31. The number of aromatic nitrogens is 4. The van der Waals surface area contributed by atoms with Crippen LogP contribution in [0.25, 0.3) is 0 Å². The normalized spacial score (nSPS) is 16.3. The minimum atomic E-state index is -4.40. The van der Waals surface area contributed by atoms with Gasteiger partial charge in [-0.2, -0.15) is 18.4 Å². The number of nitriles is 1. The molecule has 0 atom stereocenters. The number of nitrogens with one attached hydrogen (secondary N) is 1. The van der Waals surface area contributed by atoms with Crippen LogP contribution in [0.1, 0.15) is 36.0 Å². The molecular formula is C14H13F3N6. The van der Waals surface area contributed by atoms with E-state index in [0.717, 1.165) is 6.20 Å². The fourth-order valence-corrected chi connectivity index (χ4v) is 2.61. The Morgan fingerprint density at radius 3 is 2.39 bits per heavy atom. The third-order valence-electron chi connectivity index (χ3n) is 3.86. The Bertz CT molecular complexity index is 707. The molecule has 2 aromatic rings. The van der Waals surface area contributed by atoms with Crippen molar-refractivity contribution in [2.24, 2.45) is 0 Å². The fourth-order valence-electron chi connectivity index (χ4n) is 2.61. The van der Waals surface area contributed by atoms with E-state index >= 15 is 0 Å². The van der Waals surface area contributed by atoms with Crippen LogP contribution in [0.4, 0.5) is 19.0 Å². The van der Waals surface area contributed by atoms with Gasteiger partial charge in [0.15, 0.2) is 5.69 Å². The summed E-state index contributed by atoms with van der Waals surface area (Å²) in [7, 11) is 0. The Morgan fingerprint density at radius 1 is 1.13 bits per heavy atom. The summed E-state index contributed by atoms with van der Waals surface area (Å²) in [5.41, 5.74) is -0.563. The highest BCUT2D eigenvalue weighted by molar-refractivity contribution is 5.38. The number of hydrogen-bond donors (Lipinski definition) is 1. The molecule has 120 valence electrons. The van der Waals surface area contributed by atoms with Crippen molar-refractivity contribution in [2.45, 2.75) is 24.9 Å². The zero-order valence-electron chi connectivity index (χ0n) is 12.0. The Kier molecular flexibility index (Phi) is 3.90. The molecule has 1 saturated heterocycles. The lowest BCUT2D eigenvalue weighted by molar-refractivity contribution is -0.141. The molecule has 0 aromatic carbocycles. The van der Waals surface area contributed by atoms with Gasteiger partial charge < -0.3 is 9.88 Å². The maximum Gasteiger partial charge on any atom is 0.432 e. The quantitative estimate of drug-likeness (QED) is 0.918. The van der Waals surface area contributed by atoms with E-state index < -0.39 is 11.9 Å². The molecule has 0 saturated carbocycles. The van der Waals surface area contributed by atoms with Crippen molar-refractivity contribution in [3.8, 4) is 6.07 Å². The van der Waals surface area contributed by atoms with E-state index in [1.54, 1.807) is 0 Å². The molecular weight excluding hydrogens is 309 g/mol. The largest absolute Gasteiger partial charge is 0.432 e. The predicted molar refractivity (Wildman–Crippen MR) is 74.5 cm³/mol. The van der Waals surface area contributed by atoms with Gasteiger partial charge in [0, 0.05) is 19.0 Å². The minimum Gasteiger partial charge on any atom is -0.355 e. The zero-order chi connectivity index (χ0) is 16.4. The van der Waals surface area contributed by atoms with Crippen LogP contribution in [0.3, 0.4) is 0 Å². The summed E-state index contributed by atoms with van der Waals surface area (Å²) in [4.78, 5) is 16.4. The highest BCUT2D eigenvalue weighted by Crippen LogP contribution is 2.32. The van der Waals surface area contributed by atoms with E-state index in [-0.39, 0.29) is 11.6 Å². The topological polar surface area (TPSA) is 81.5 Å². The molecule has 0 spiro atoms. The lowest BCUT2D eigenvalue weighted by atomic mass is 9.96. The smallest absolute Gasteiger partial charge is 0.355 e. The van der Waals surface area contributed by atoms with Gasteiger partial charge in [-0.25, -0.2) is 15.0 Å². The summed E-state index contributed by atoms with van der Waals surface area (Å²) in [6.45, 7) is 1.29. The van der Waals surface area contributed by atoms with Gasteiger partial charge in [0.2, 0.25) is 0 Å². The van der Waals surface area contributed by atoms with Crippen molar-refractivity contribution in [3.63, 3.8) is 0 Å². The van der Waals surface area contributed by atoms with Gasteiger partial charge in [-0.15, -0.1) is 0 Å². The van der Waals surface area contributed by atoms with E-state index in [4.69, 9.17) is 5.26 Å². The van der Waals surface area contributed by atoms with Gasteiger partial charge in [0.1, 0.15) is 23.4 Å². The summed E-state index contributed by atoms with van der Waals surface area (Å²) in [5.74, 6) is 1.01. The summed E-state index contributed by atoms with van der Waals surface area (Å²) in [6, 6.07) is 1.90. The zero-order valence-corrected chi connectivity index (χ0v) is 12.0. The first-order valence-electron chi connectivity index (χ1n) is 7.06. The Morgan fingerprint density at radius 2 is 1.87 bits per heavy atom. The van der Waals surface area contributed by atoms with Crippen LogP contribution < -0.4 is 4.90 Å². The highest BCUT2D eigenvalue weighted by Gasteiger charge is 2.34. The molecule has 6 nitrogen and oxygen atoms in total. The Balaban J connectivity index is 1.64. The molecule has 1 aliphatic heterocycles. The SMILES string of the molecule is N#Cc1cnc(N2CCC(c3ncc(C(F)(F)F)[nH]3)CC2)cn1. The van der Waals surface area contributed by atoms with Crippen LogP contribution in [0, 0.1) is 11.3 Å². The first kappa shape index (κ1) is 15.3. The minimum absolute atomic E-state index is 0.0336. The van der Waals surface area contributed by atoms with Gasteiger partial charge in [0.25, 0.3) is 0 Å². The number of hydrogen-bond acceptors (Lipinski definition) is 5. The third-order valence-corrected chi connectivity index (χ3v) is 3.86. The van der Waals surface area contributed by atoms with E-state index in [1.165, 1.54) is 12.4 Å². The monoisotopic (exact) mass is 322 g/mol. The van der Waals surface area contributed by atoms with E-state index in [9.17, 15) is 13.2 Å². The summed E-state index contributed by atoms with van der Waals surface area (Å²) in [6.07, 6.45) is 0.730. The first-order chi connectivity index (χ1) is 11.0. The van der Waals surface area contributed by atoms with Gasteiger partial charge in [-0.1, -0.05) is 0 Å². The van der Waals surface area contributed by atoms with Crippen molar-refractivity contribution in [1.29, 1.82) is 5.26 Å². The third kappa shape index (κ3) is 3.26. The second-order valence-electron chi connectivity index (χ2n) is 5.31. The molecule has 1 N–H and O–H groups in total. The maximum atomic E-state index is 12.6. The second-order valence-corrected chi connectivity index (χ2v) is 5.31. The van der Waals surface area contributed by atoms with Gasteiger partial charge in [0.05, 0.1) is 18.6 Å². The number of imidazole rings is 1. The number of piperidine rings is 1. The highest BCUT2D eigenvalue weighted by atomic mass is 19.4. The second kappa shape index (κ2) is 5.87. The number of H-pyrrole nitrogens is 1. The van der Waals surface area contributed by atoms with Crippen LogP contribution in [-0.4, -0.2) is 33.0 Å². The molecule has 9 heteroatoms. The molecule has 3 rings (SSSR count). The van der Waals surface area contributed by atoms with E-state index in [1.807, 2.05) is 11.0 Å². The van der Waals surface area contributed by atoms with E-state index in [0.29, 0.717) is 37.6 Å². The average Bonchev–Trinajstić information content (AvgIpc) is 3.05. The van der Waals surface area contributed by atoms with Crippen molar-refractivity contribution < 1.29 is 13.2 Å². The summed E-state index contributed by atoms with van der Waals surface area (Å²) in [5, 5.41) is 8.70. The van der Waals surface area contributed by atoms with Crippen molar-refractivity contribution in [1.82, 2.24) is 19.9 Å². The van der Waals surface area contributed by atoms with Crippen LogP contribution >= 0.6 is 0 Å². The van der Waals surface area contributed by atoms with Crippen molar-refractivity contribution in [2.75, 3.05) is 18.0 Å². The average molecular weight is 322 g/mol. The van der Waals surface area contributed by atoms with E-state index in [2.05, 4.69) is 19.9 Å². The molecule has 23 heavy (non-hydrogen) atoms. The lowest BCUT2D eigenvalue weighted by Crippen LogP contribution is -2.33. The molecule has 1 fully saturated rings. The van der Waals surface area contributed by atoms with Gasteiger partial charge >= 0.3 is 6.18 Å². The molecule has 3 heterocycles. The standard InChI is InChI=1S/C14H13F3N6/c15-14(16,17)11-7-21-13(22-11)9-1-3-23(4-2-9)12-8-19-10(5-18)6-20-12/h6-9H,1-4H2,(H,21,22). The number of nitrogens with zero attached hydrogens (tertiary/aromatic N) is 5. The molecule has 0 bridgehead atoms. The summed E-state index contributed by atoms with van der Waals surface area (Å²) >= 11 is 0. The maximum absolute atomic E-state index is 12.6. The fraction of sp³-hybridized carbons (Fsp3) is 0.429. The van der Waals surface area contributed by atoms with Crippen LogP contribution in [0.5, 0.6) is 0 Å². The van der Waals surface area contributed by atoms with Crippen LogP contribution in [0.15, 0.2) is 18.6 Å². The van der Waals surface area contributed by atoms with Crippen molar-refractivity contribution >= 4 is 5.82 Å². The van der Waals surface area contributed by atoms with Gasteiger partial charge in [-0.05, 0) is 12.8 Å². The molecule has 0 amide bonds. The van der Waals surface area contributed by atoms with Crippen LogP contribution in [0.2, 0.25) is 0 Å². The van der Waals surface area contributed by atoms with Crippen molar-refractivity contribution in [3.05, 3.63) is 35.8 Å².